The van der Waals surface area contributed by atoms with E-state index in [4.69, 9.17) is 0 Å². The van der Waals surface area contributed by atoms with Gasteiger partial charge in [0.2, 0.25) is 0 Å². The first-order chi connectivity index (χ1) is 10.2. The van der Waals surface area contributed by atoms with Crippen molar-refractivity contribution in [2.75, 3.05) is 0 Å². The van der Waals surface area contributed by atoms with E-state index >= 15 is 0 Å². The Balaban J connectivity index is 6.11. The lowest BCUT2D eigenvalue weighted by Gasteiger charge is -2.40. The first-order valence-corrected chi connectivity index (χ1v) is 7.05. The molecule has 0 aliphatic rings. The third-order valence-corrected chi connectivity index (χ3v) is 4.24. The number of hydrogen-bond donors (Lipinski definition) is 0. The molecule has 0 saturated heterocycles. The summed E-state index contributed by atoms with van der Waals surface area (Å²) in [4.78, 5) is 0. The Morgan fingerprint density at radius 1 is 0.625 bits per heavy atom. The van der Waals surface area contributed by atoms with Gasteiger partial charge in [0.25, 0.3) is 0 Å². The van der Waals surface area contributed by atoms with Gasteiger partial charge in [-0.1, -0.05) is 29.5 Å². The van der Waals surface area contributed by atoms with E-state index in [-0.39, 0.29) is 6.42 Å². The topological polar surface area (TPSA) is 0 Å². The summed E-state index contributed by atoms with van der Waals surface area (Å²) in [5.74, 6) is -36.3. The molecule has 0 N–H and O–H groups in total. The van der Waals surface area contributed by atoms with Gasteiger partial charge in [-0.15, -0.1) is 0 Å². The van der Waals surface area contributed by atoms with E-state index in [1.54, 1.807) is 0 Å². The summed E-state index contributed by atoms with van der Waals surface area (Å²) in [5.41, 5.74) is 0. The molecule has 0 aliphatic heterocycles. The molecule has 1 atom stereocenters. The standard InChI is InChI=1S/C10H8F13I/c1-2-4(24)3-5(11,12)6(13,14)7(15,16)8(17,18)9(19,20)10(21,22)23/h4H,2-3H2,1H3. The molecule has 0 aromatic rings. The number of alkyl halides is 14. The Kier molecular flexibility index (Phi) is 6.47. The van der Waals surface area contributed by atoms with Gasteiger partial charge in [-0.25, -0.2) is 0 Å². The van der Waals surface area contributed by atoms with Crippen LogP contribution in [0.5, 0.6) is 0 Å². The zero-order chi connectivity index (χ0) is 20.0. The molecule has 0 aromatic heterocycles. The molecule has 0 nitrogen and oxygen atoms in total. The molecule has 0 aromatic carbocycles. The summed E-state index contributed by atoms with van der Waals surface area (Å²) < 4.78 is 164. The van der Waals surface area contributed by atoms with E-state index in [0.29, 0.717) is 0 Å². The summed E-state index contributed by atoms with van der Waals surface area (Å²) in [6.07, 6.45) is -9.83. The van der Waals surface area contributed by atoms with Crippen LogP contribution in [-0.2, 0) is 0 Å². The smallest absolute Gasteiger partial charge is 0.200 e. The Morgan fingerprint density at radius 3 is 1.25 bits per heavy atom. The van der Waals surface area contributed by atoms with Crippen molar-refractivity contribution in [2.24, 2.45) is 0 Å². The molecule has 0 aliphatic carbocycles. The SMILES string of the molecule is CCC(I)CC(F)(F)C(F)(F)C(F)(F)C(F)(F)C(F)(F)C(F)(F)F. The summed E-state index contributed by atoms with van der Waals surface area (Å²) >= 11 is 1.07. The minimum atomic E-state index is -7.82. The highest BCUT2D eigenvalue weighted by Crippen LogP contribution is 2.60. The van der Waals surface area contributed by atoms with Crippen molar-refractivity contribution in [3.05, 3.63) is 0 Å². The van der Waals surface area contributed by atoms with Gasteiger partial charge in [0.1, 0.15) is 0 Å². The van der Waals surface area contributed by atoms with Crippen molar-refractivity contribution in [3.63, 3.8) is 0 Å². The average molecular weight is 502 g/mol. The van der Waals surface area contributed by atoms with E-state index in [1.165, 1.54) is 0 Å². The van der Waals surface area contributed by atoms with Crippen LogP contribution in [0.2, 0.25) is 0 Å². The van der Waals surface area contributed by atoms with Crippen LogP contribution in [0.15, 0.2) is 0 Å². The molecule has 24 heavy (non-hydrogen) atoms. The Hall–Kier alpha value is -0.180. The minimum absolute atomic E-state index is 0.313. The predicted molar refractivity (Wildman–Crippen MR) is 63.5 cm³/mol. The van der Waals surface area contributed by atoms with E-state index in [2.05, 4.69) is 0 Å². The zero-order valence-corrected chi connectivity index (χ0v) is 13.4. The molecule has 0 heterocycles. The van der Waals surface area contributed by atoms with Crippen molar-refractivity contribution < 1.29 is 57.1 Å². The fourth-order valence-electron chi connectivity index (χ4n) is 1.35. The van der Waals surface area contributed by atoms with Gasteiger partial charge in [-0.3, -0.25) is 0 Å². The largest absolute Gasteiger partial charge is 0.460 e. The molecule has 0 spiro atoms. The number of halogens is 14. The first kappa shape index (κ1) is 23.8. The highest BCUT2D eigenvalue weighted by Gasteiger charge is 2.90. The van der Waals surface area contributed by atoms with Gasteiger partial charge in [-0.2, -0.15) is 57.1 Å². The van der Waals surface area contributed by atoms with Gasteiger partial charge < -0.3 is 0 Å². The number of rotatable bonds is 7. The van der Waals surface area contributed by atoms with Gasteiger partial charge in [0.15, 0.2) is 0 Å². The zero-order valence-electron chi connectivity index (χ0n) is 11.3. The molecule has 14 heteroatoms. The maximum absolute atomic E-state index is 13.3. The molecule has 0 radical (unpaired) electrons. The molecular formula is C10H8F13I. The van der Waals surface area contributed by atoms with E-state index in [9.17, 15) is 57.1 Å². The molecule has 0 fully saturated rings. The van der Waals surface area contributed by atoms with Crippen LogP contribution in [0.4, 0.5) is 57.1 Å². The minimum Gasteiger partial charge on any atom is -0.200 e. The normalized spacial score (nSPS) is 17.1. The van der Waals surface area contributed by atoms with Gasteiger partial charge in [0.05, 0.1) is 0 Å². The molecule has 146 valence electrons. The van der Waals surface area contributed by atoms with Crippen molar-refractivity contribution in [1.29, 1.82) is 0 Å². The summed E-state index contributed by atoms with van der Waals surface area (Å²) in [6, 6.07) is 0. The molecule has 0 saturated carbocycles. The quantitative estimate of drug-likeness (QED) is 0.217. The van der Waals surface area contributed by atoms with Crippen LogP contribution in [0.25, 0.3) is 0 Å². The summed E-state index contributed by atoms with van der Waals surface area (Å²) in [6.45, 7) is 1.13. The van der Waals surface area contributed by atoms with Gasteiger partial charge in [-0.05, 0) is 6.42 Å². The third kappa shape index (κ3) is 3.52. The maximum Gasteiger partial charge on any atom is 0.460 e. The van der Waals surface area contributed by atoms with Crippen LogP contribution >= 0.6 is 22.6 Å². The Bertz CT molecular complexity index is 439. The monoisotopic (exact) mass is 502 g/mol. The Labute approximate surface area is 139 Å². The lowest BCUT2D eigenvalue weighted by atomic mass is 9.92. The molecule has 1 unspecified atom stereocenters. The second kappa shape index (κ2) is 6.52. The van der Waals surface area contributed by atoms with Crippen LogP contribution in [-0.4, -0.2) is 39.7 Å². The Morgan fingerprint density at radius 2 is 0.958 bits per heavy atom. The van der Waals surface area contributed by atoms with Gasteiger partial charge >= 0.3 is 35.8 Å². The second-order valence-electron chi connectivity index (χ2n) is 4.71. The fraction of sp³-hybridized carbons (Fsp3) is 1.00. The van der Waals surface area contributed by atoms with E-state index < -0.39 is 46.1 Å². The molecule has 0 rings (SSSR count). The van der Waals surface area contributed by atoms with Crippen molar-refractivity contribution >= 4 is 22.6 Å². The molecule has 0 amide bonds. The maximum atomic E-state index is 13.3. The van der Waals surface area contributed by atoms with Crippen molar-refractivity contribution in [1.82, 2.24) is 0 Å². The summed E-state index contributed by atoms with van der Waals surface area (Å²) in [5, 5.41) is 0. The van der Waals surface area contributed by atoms with E-state index in [1.807, 2.05) is 0 Å². The predicted octanol–water partition coefficient (Wildman–Crippen LogP) is 6.33. The first-order valence-electron chi connectivity index (χ1n) is 5.80. The lowest BCUT2D eigenvalue weighted by Crippen LogP contribution is -2.70. The van der Waals surface area contributed by atoms with Crippen molar-refractivity contribution in [2.45, 2.75) is 59.5 Å². The highest BCUT2D eigenvalue weighted by molar-refractivity contribution is 14.1. The highest BCUT2D eigenvalue weighted by atomic mass is 127. The summed E-state index contributed by atoms with van der Waals surface area (Å²) in [7, 11) is 0. The molecular weight excluding hydrogens is 494 g/mol. The second-order valence-corrected chi connectivity index (χ2v) is 6.47. The number of hydrogen-bond acceptors (Lipinski definition) is 0. The lowest BCUT2D eigenvalue weighted by molar-refractivity contribution is -0.440. The van der Waals surface area contributed by atoms with Crippen molar-refractivity contribution in [3.8, 4) is 0 Å². The average Bonchev–Trinajstić information content (AvgIpc) is 2.35. The van der Waals surface area contributed by atoms with Crippen LogP contribution in [0.3, 0.4) is 0 Å². The van der Waals surface area contributed by atoms with E-state index in [0.717, 1.165) is 29.5 Å². The van der Waals surface area contributed by atoms with Gasteiger partial charge in [0, 0.05) is 10.3 Å². The van der Waals surface area contributed by atoms with Crippen LogP contribution in [0, 0.1) is 0 Å². The molecule has 0 bridgehead atoms. The fourth-order valence-corrected chi connectivity index (χ4v) is 1.91. The third-order valence-electron chi connectivity index (χ3n) is 2.92. The van der Waals surface area contributed by atoms with Crippen LogP contribution in [0.1, 0.15) is 19.8 Å². The van der Waals surface area contributed by atoms with Crippen LogP contribution < -0.4 is 0 Å².